The van der Waals surface area contributed by atoms with Crippen molar-refractivity contribution in [3.8, 4) is 0 Å². The number of carbonyl (C=O) groups is 1. The average Bonchev–Trinajstić information content (AvgIpc) is 2.77. The SMILES string of the molecule is CCc1cc(C(=O)NCC2CCCC(Br)C2)n(C)n1. The fourth-order valence-corrected chi connectivity index (χ4v) is 3.50. The van der Waals surface area contributed by atoms with Gasteiger partial charge in [-0.1, -0.05) is 29.3 Å². The molecule has 1 saturated carbocycles. The molecule has 1 aromatic heterocycles. The molecule has 4 nitrogen and oxygen atoms in total. The fraction of sp³-hybridized carbons (Fsp3) is 0.714. The van der Waals surface area contributed by atoms with Gasteiger partial charge in [0.25, 0.3) is 5.91 Å². The van der Waals surface area contributed by atoms with Crippen LogP contribution in [0.4, 0.5) is 0 Å². The lowest BCUT2D eigenvalue weighted by Crippen LogP contribution is -2.32. The largest absolute Gasteiger partial charge is 0.350 e. The van der Waals surface area contributed by atoms with Crippen molar-refractivity contribution in [2.24, 2.45) is 13.0 Å². The number of nitrogens with zero attached hydrogens (tertiary/aromatic N) is 2. The van der Waals surface area contributed by atoms with Gasteiger partial charge in [-0.2, -0.15) is 5.10 Å². The van der Waals surface area contributed by atoms with Crippen molar-refractivity contribution in [1.29, 1.82) is 0 Å². The Hall–Kier alpha value is -0.840. The molecule has 2 unspecified atom stereocenters. The van der Waals surface area contributed by atoms with Gasteiger partial charge in [-0.05, 0) is 37.7 Å². The quantitative estimate of drug-likeness (QED) is 0.864. The highest BCUT2D eigenvalue weighted by Crippen LogP contribution is 2.28. The topological polar surface area (TPSA) is 46.9 Å². The molecule has 1 fully saturated rings. The van der Waals surface area contributed by atoms with Gasteiger partial charge in [-0.15, -0.1) is 0 Å². The van der Waals surface area contributed by atoms with Gasteiger partial charge in [0.2, 0.25) is 0 Å². The van der Waals surface area contributed by atoms with Gasteiger partial charge in [0.1, 0.15) is 5.69 Å². The lowest BCUT2D eigenvalue weighted by atomic mass is 9.89. The zero-order chi connectivity index (χ0) is 13.8. The van der Waals surface area contributed by atoms with Crippen LogP contribution >= 0.6 is 15.9 Å². The third-order valence-corrected chi connectivity index (χ3v) is 4.63. The highest BCUT2D eigenvalue weighted by atomic mass is 79.9. The number of halogens is 1. The summed E-state index contributed by atoms with van der Waals surface area (Å²) >= 11 is 3.68. The predicted molar refractivity (Wildman–Crippen MR) is 79.6 cm³/mol. The molecule has 1 N–H and O–H groups in total. The van der Waals surface area contributed by atoms with Crippen LogP contribution in [-0.4, -0.2) is 27.1 Å². The van der Waals surface area contributed by atoms with Crippen molar-refractivity contribution in [2.75, 3.05) is 6.54 Å². The first-order valence-corrected chi connectivity index (χ1v) is 7.97. The fourth-order valence-electron chi connectivity index (χ4n) is 2.65. The van der Waals surface area contributed by atoms with Crippen LogP contribution in [0, 0.1) is 5.92 Å². The molecule has 0 aliphatic heterocycles. The summed E-state index contributed by atoms with van der Waals surface area (Å²) in [7, 11) is 1.82. The summed E-state index contributed by atoms with van der Waals surface area (Å²) < 4.78 is 1.67. The molecule has 2 atom stereocenters. The minimum absolute atomic E-state index is 0.00797. The number of aryl methyl sites for hydroxylation is 2. The number of rotatable bonds is 4. The minimum Gasteiger partial charge on any atom is -0.350 e. The Bertz CT molecular complexity index is 444. The second-order valence-corrected chi connectivity index (χ2v) is 6.63. The van der Waals surface area contributed by atoms with E-state index in [0.29, 0.717) is 16.4 Å². The predicted octanol–water partition coefficient (Wildman–Crippen LogP) is 2.67. The highest BCUT2D eigenvalue weighted by Gasteiger charge is 2.21. The van der Waals surface area contributed by atoms with E-state index in [1.165, 1.54) is 19.3 Å². The zero-order valence-corrected chi connectivity index (χ0v) is 13.2. The molecule has 5 heteroatoms. The van der Waals surface area contributed by atoms with Crippen molar-refractivity contribution in [1.82, 2.24) is 15.1 Å². The second-order valence-electron chi connectivity index (χ2n) is 5.34. The van der Waals surface area contributed by atoms with Gasteiger partial charge in [0.05, 0.1) is 5.69 Å². The maximum atomic E-state index is 12.1. The first-order chi connectivity index (χ1) is 9.10. The summed E-state index contributed by atoms with van der Waals surface area (Å²) in [5.41, 5.74) is 1.62. The van der Waals surface area contributed by atoms with Gasteiger partial charge in [0.15, 0.2) is 0 Å². The van der Waals surface area contributed by atoms with E-state index < -0.39 is 0 Å². The van der Waals surface area contributed by atoms with Gasteiger partial charge in [0, 0.05) is 18.4 Å². The van der Waals surface area contributed by atoms with Crippen molar-refractivity contribution < 1.29 is 4.79 Å². The normalized spacial score (nSPS) is 23.3. The smallest absolute Gasteiger partial charge is 0.269 e. The average molecular weight is 328 g/mol. The maximum Gasteiger partial charge on any atom is 0.269 e. The van der Waals surface area contributed by atoms with Crippen LogP contribution in [0.25, 0.3) is 0 Å². The van der Waals surface area contributed by atoms with E-state index in [1.807, 2.05) is 20.0 Å². The number of aromatic nitrogens is 2. The van der Waals surface area contributed by atoms with E-state index >= 15 is 0 Å². The first kappa shape index (κ1) is 14.6. The molecular weight excluding hydrogens is 306 g/mol. The Balaban J connectivity index is 1.88. The summed E-state index contributed by atoms with van der Waals surface area (Å²) in [5, 5.41) is 7.35. The van der Waals surface area contributed by atoms with Crippen molar-refractivity contribution in [3.63, 3.8) is 0 Å². The Morgan fingerprint density at radius 2 is 2.37 bits per heavy atom. The third-order valence-electron chi connectivity index (χ3n) is 3.80. The van der Waals surface area contributed by atoms with E-state index in [-0.39, 0.29) is 5.91 Å². The molecule has 106 valence electrons. The zero-order valence-electron chi connectivity index (χ0n) is 11.7. The van der Waals surface area contributed by atoms with Crippen LogP contribution in [0.1, 0.15) is 48.8 Å². The molecule has 2 rings (SSSR count). The number of alkyl halides is 1. The lowest BCUT2D eigenvalue weighted by molar-refractivity contribution is 0.0934. The van der Waals surface area contributed by atoms with Crippen molar-refractivity contribution in [2.45, 2.75) is 43.9 Å². The number of amides is 1. The van der Waals surface area contributed by atoms with Crippen molar-refractivity contribution >= 4 is 21.8 Å². The number of hydrogen-bond donors (Lipinski definition) is 1. The number of nitrogens with one attached hydrogen (secondary N) is 1. The standard InChI is InChI=1S/C14H22BrN3O/c1-3-12-8-13(18(2)17-12)14(19)16-9-10-5-4-6-11(15)7-10/h8,10-11H,3-7,9H2,1-2H3,(H,16,19). The summed E-state index contributed by atoms with van der Waals surface area (Å²) in [5.74, 6) is 0.590. The molecule has 0 aromatic carbocycles. The van der Waals surface area contributed by atoms with Gasteiger partial charge < -0.3 is 5.32 Å². The Morgan fingerprint density at radius 1 is 1.58 bits per heavy atom. The number of carbonyl (C=O) groups excluding carboxylic acids is 1. The summed E-state index contributed by atoms with van der Waals surface area (Å²) in [6.45, 7) is 2.82. The molecule has 1 heterocycles. The molecular formula is C14H22BrN3O. The molecule has 1 aromatic rings. The monoisotopic (exact) mass is 327 g/mol. The van der Waals surface area contributed by atoms with Crippen LogP contribution in [0.5, 0.6) is 0 Å². The van der Waals surface area contributed by atoms with E-state index in [2.05, 4.69) is 26.3 Å². The molecule has 1 aliphatic rings. The molecule has 0 radical (unpaired) electrons. The van der Waals surface area contributed by atoms with Gasteiger partial charge in [-0.3, -0.25) is 9.48 Å². The highest BCUT2D eigenvalue weighted by molar-refractivity contribution is 9.09. The lowest BCUT2D eigenvalue weighted by Gasteiger charge is -2.25. The summed E-state index contributed by atoms with van der Waals surface area (Å²) in [4.78, 5) is 12.8. The van der Waals surface area contributed by atoms with E-state index in [1.54, 1.807) is 4.68 Å². The van der Waals surface area contributed by atoms with Gasteiger partial charge in [-0.25, -0.2) is 0 Å². The van der Waals surface area contributed by atoms with Crippen LogP contribution in [-0.2, 0) is 13.5 Å². The molecule has 0 bridgehead atoms. The van der Waals surface area contributed by atoms with Crippen molar-refractivity contribution in [3.05, 3.63) is 17.5 Å². The maximum absolute atomic E-state index is 12.1. The van der Waals surface area contributed by atoms with E-state index in [4.69, 9.17) is 0 Å². The van der Waals surface area contributed by atoms with E-state index in [0.717, 1.165) is 25.1 Å². The Labute approximate surface area is 123 Å². The first-order valence-electron chi connectivity index (χ1n) is 7.05. The molecule has 1 aliphatic carbocycles. The minimum atomic E-state index is -0.00797. The van der Waals surface area contributed by atoms with Gasteiger partial charge >= 0.3 is 0 Å². The van der Waals surface area contributed by atoms with E-state index in [9.17, 15) is 4.79 Å². The van der Waals surface area contributed by atoms with Crippen LogP contribution in [0.15, 0.2) is 6.07 Å². The molecule has 0 saturated heterocycles. The second kappa shape index (κ2) is 6.55. The van der Waals surface area contributed by atoms with Crippen LogP contribution in [0.3, 0.4) is 0 Å². The summed E-state index contributed by atoms with van der Waals surface area (Å²) in [6, 6.07) is 1.88. The van der Waals surface area contributed by atoms with Crippen LogP contribution in [0.2, 0.25) is 0 Å². The molecule has 0 spiro atoms. The Morgan fingerprint density at radius 3 is 3.00 bits per heavy atom. The summed E-state index contributed by atoms with van der Waals surface area (Å²) in [6.07, 6.45) is 5.74. The van der Waals surface area contributed by atoms with Crippen LogP contribution < -0.4 is 5.32 Å². The molecule has 19 heavy (non-hydrogen) atoms. The Kier molecular flexibility index (Phi) is 5.02. The number of hydrogen-bond acceptors (Lipinski definition) is 2. The molecule has 1 amide bonds. The third kappa shape index (κ3) is 3.81.